The quantitative estimate of drug-likeness (QED) is 0.265. The van der Waals surface area contributed by atoms with Crippen molar-refractivity contribution in [1.82, 2.24) is 9.97 Å². The number of benzene rings is 2. The fraction of sp³-hybridized carbons (Fsp3) is 0.333. The fourth-order valence-electron chi connectivity index (χ4n) is 5.11. The van der Waals surface area contributed by atoms with E-state index >= 15 is 0 Å². The number of hydrogen-bond acceptors (Lipinski definition) is 2. The van der Waals surface area contributed by atoms with Gasteiger partial charge in [0.15, 0.2) is 0 Å². The summed E-state index contributed by atoms with van der Waals surface area (Å²) in [6, 6.07) is 25.7. The molecule has 0 radical (unpaired) electrons. The average molecular weight is 487 g/mol. The molecule has 4 aromatic rings. The van der Waals surface area contributed by atoms with Crippen LogP contribution in [0, 0.1) is 0 Å². The molecule has 0 spiro atoms. The zero-order valence-corrected chi connectivity index (χ0v) is 23.3. The van der Waals surface area contributed by atoms with Crippen LogP contribution >= 0.6 is 17.2 Å². The maximum atomic E-state index is 4.85. The van der Waals surface area contributed by atoms with Gasteiger partial charge in [-0.1, -0.05) is 98.0 Å². The van der Waals surface area contributed by atoms with E-state index in [1.165, 1.54) is 21.9 Å². The number of aromatic nitrogens is 2. The van der Waals surface area contributed by atoms with Crippen LogP contribution < -0.4 is 0 Å². The van der Waals surface area contributed by atoms with Crippen LogP contribution in [-0.4, -0.2) is 20.3 Å². The summed E-state index contributed by atoms with van der Waals surface area (Å²) in [5, 5.41) is 2.52. The van der Waals surface area contributed by atoms with Gasteiger partial charge in [0, 0.05) is 12.4 Å². The van der Waals surface area contributed by atoms with E-state index in [1.54, 1.807) is 0 Å². The summed E-state index contributed by atoms with van der Waals surface area (Å²) in [5.74, 6) is 0. The van der Waals surface area contributed by atoms with Crippen molar-refractivity contribution in [2.75, 3.05) is 0 Å². The van der Waals surface area contributed by atoms with E-state index in [-0.39, 0.29) is 18.2 Å². The highest BCUT2D eigenvalue weighted by molar-refractivity contribution is 7.60. The molecule has 0 saturated heterocycles. The van der Waals surface area contributed by atoms with Gasteiger partial charge < -0.3 is 0 Å². The van der Waals surface area contributed by atoms with Crippen molar-refractivity contribution in [2.24, 2.45) is 0 Å². The van der Waals surface area contributed by atoms with Crippen LogP contribution in [0.3, 0.4) is 0 Å². The van der Waals surface area contributed by atoms with Crippen LogP contribution in [0.1, 0.15) is 64.1 Å². The van der Waals surface area contributed by atoms with Crippen LogP contribution in [-0.2, 0) is 11.3 Å². The van der Waals surface area contributed by atoms with Gasteiger partial charge in [-0.2, -0.15) is 0 Å². The van der Waals surface area contributed by atoms with Gasteiger partial charge in [0.05, 0.1) is 16.5 Å². The van der Waals surface area contributed by atoms with E-state index in [0.717, 1.165) is 17.5 Å². The molecule has 2 nitrogen and oxygen atoms in total. The largest absolute Gasteiger partial charge is 0.260 e. The molecule has 0 aliphatic carbocycles. The van der Waals surface area contributed by atoms with Crippen molar-refractivity contribution < 1.29 is 0 Å². The molecule has 2 aromatic heterocycles. The molecule has 0 amide bonds. The Labute approximate surface area is 208 Å². The zero-order chi connectivity index (χ0) is 24.6. The van der Waals surface area contributed by atoms with Crippen LogP contribution in [0.15, 0.2) is 85.2 Å². The minimum Gasteiger partial charge on any atom is -0.260 e. The third kappa shape index (κ3) is 4.82. The van der Waals surface area contributed by atoms with Gasteiger partial charge in [0.25, 0.3) is 0 Å². The van der Waals surface area contributed by atoms with Gasteiger partial charge in [-0.15, -0.1) is 9.24 Å². The van der Waals surface area contributed by atoms with Gasteiger partial charge >= 0.3 is 0 Å². The van der Waals surface area contributed by atoms with Gasteiger partial charge in [0.1, 0.15) is 0 Å². The summed E-state index contributed by atoms with van der Waals surface area (Å²) >= 11 is 0. The summed E-state index contributed by atoms with van der Waals surface area (Å²) in [4.78, 5) is 9.69. The van der Waals surface area contributed by atoms with Crippen molar-refractivity contribution in [3.8, 4) is 0 Å². The molecule has 0 fully saturated rings. The first kappa shape index (κ1) is 25.0. The summed E-state index contributed by atoms with van der Waals surface area (Å²) in [6.45, 7) is 14.4. The Morgan fingerprint density at radius 3 is 1.71 bits per heavy atom. The summed E-state index contributed by atoms with van der Waals surface area (Å²) in [5.41, 5.74) is 4.67. The number of hydrogen-bond donors (Lipinski definition) is 0. The van der Waals surface area contributed by atoms with Crippen LogP contribution in [0.25, 0.3) is 10.8 Å². The zero-order valence-electron chi connectivity index (χ0n) is 21.2. The highest BCUT2D eigenvalue weighted by Gasteiger charge is 2.40. The Balaban J connectivity index is 2.05. The molecule has 0 aliphatic heterocycles. The number of rotatable bonds is 5. The predicted octanol–water partition coefficient (Wildman–Crippen LogP) is 8.38. The second-order valence-electron chi connectivity index (χ2n) is 11.0. The standard InChI is InChI=1S/C30H36N2P2/c1-28(2,3)34(29(4,5)6)21-24-23-14-8-7-13-22(23)17-18-25(24)30(33,26-15-9-11-19-31-26)27-16-10-12-20-32-27/h7-20H,21,33H2,1-6H3. The Hall–Kier alpha value is -2.14. The maximum absolute atomic E-state index is 4.85. The SMILES string of the molecule is CC(C)(C)P(Cc1c(C(P)(c2ccccn2)c2ccccn2)ccc2ccccc12)C(C)(C)C. The van der Waals surface area contributed by atoms with E-state index in [9.17, 15) is 0 Å². The lowest BCUT2D eigenvalue weighted by Crippen LogP contribution is -2.29. The van der Waals surface area contributed by atoms with Crippen molar-refractivity contribution in [2.45, 2.75) is 63.2 Å². The minimum atomic E-state index is -0.543. The van der Waals surface area contributed by atoms with Crippen LogP contribution in [0.5, 0.6) is 0 Å². The Morgan fingerprint density at radius 1 is 0.676 bits per heavy atom. The highest BCUT2D eigenvalue weighted by atomic mass is 31.1. The first-order valence-corrected chi connectivity index (χ1v) is 14.0. The first-order valence-electron chi connectivity index (χ1n) is 11.9. The van der Waals surface area contributed by atoms with Crippen molar-refractivity contribution in [3.05, 3.63) is 108 Å². The molecule has 0 bridgehead atoms. The maximum Gasteiger partial charge on any atom is 0.0936 e. The Kier molecular flexibility index (Phi) is 6.97. The molecule has 2 aromatic carbocycles. The second kappa shape index (κ2) is 9.49. The third-order valence-corrected chi connectivity index (χ3v) is 11.3. The molecule has 0 saturated carbocycles. The van der Waals surface area contributed by atoms with Crippen LogP contribution in [0.2, 0.25) is 0 Å². The lowest BCUT2D eigenvalue weighted by atomic mass is 9.85. The van der Waals surface area contributed by atoms with Gasteiger partial charge in [0.2, 0.25) is 0 Å². The molecule has 4 heteroatoms. The van der Waals surface area contributed by atoms with Crippen molar-refractivity contribution >= 4 is 27.9 Å². The molecule has 1 atom stereocenters. The van der Waals surface area contributed by atoms with E-state index in [4.69, 9.17) is 9.97 Å². The van der Waals surface area contributed by atoms with E-state index in [2.05, 4.69) is 111 Å². The summed E-state index contributed by atoms with van der Waals surface area (Å²) < 4.78 is 0. The third-order valence-electron chi connectivity index (χ3n) is 6.54. The summed E-state index contributed by atoms with van der Waals surface area (Å²) in [6.07, 6.45) is 4.82. The minimum absolute atomic E-state index is 0.224. The number of fused-ring (bicyclic) bond motifs is 1. The number of pyridine rings is 2. The van der Waals surface area contributed by atoms with Gasteiger partial charge in [-0.05, 0) is 62.6 Å². The molecule has 0 N–H and O–H groups in total. The molecule has 2 heterocycles. The molecular formula is C30H36N2P2. The average Bonchev–Trinajstić information content (AvgIpc) is 2.81. The predicted molar refractivity (Wildman–Crippen MR) is 152 cm³/mol. The van der Waals surface area contributed by atoms with E-state index in [1.807, 2.05) is 24.5 Å². The summed E-state index contributed by atoms with van der Waals surface area (Å²) in [7, 11) is 2.81. The highest BCUT2D eigenvalue weighted by Crippen LogP contribution is 2.62. The van der Waals surface area contributed by atoms with Crippen molar-refractivity contribution in [1.29, 1.82) is 0 Å². The Morgan fingerprint density at radius 2 is 1.21 bits per heavy atom. The Bertz CT molecular complexity index is 1200. The fourth-order valence-corrected chi connectivity index (χ4v) is 9.34. The second-order valence-corrected chi connectivity index (χ2v) is 15.7. The molecule has 4 rings (SSSR count). The molecule has 34 heavy (non-hydrogen) atoms. The molecular weight excluding hydrogens is 450 g/mol. The van der Waals surface area contributed by atoms with Gasteiger partial charge in [-0.25, -0.2) is 0 Å². The normalized spacial score (nSPS) is 12.9. The monoisotopic (exact) mass is 486 g/mol. The molecule has 176 valence electrons. The van der Waals surface area contributed by atoms with Crippen molar-refractivity contribution in [3.63, 3.8) is 0 Å². The molecule has 0 aliphatic rings. The lowest BCUT2D eigenvalue weighted by molar-refractivity contribution is 0.701. The lowest BCUT2D eigenvalue weighted by Gasteiger charge is -2.43. The topological polar surface area (TPSA) is 25.8 Å². The van der Waals surface area contributed by atoms with Gasteiger partial charge in [-0.3, -0.25) is 9.97 Å². The van der Waals surface area contributed by atoms with E-state index < -0.39 is 5.16 Å². The van der Waals surface area contributed by atoms with E-state index in [0.29, 0.717) is 0 Å². The smallest absolute Gasteiger partial charge is 0.0936 e. The molecule has 1 unspecified atom stereocenters. The number of nitrogens with zero attached hydrogens (tertiary/aromatic N) is 2. The van der Waals surface area contributed by atoms with Crippen LogP contribution in [0.4, 0.5) is 0 Å². The first-order chi connectivity index (χ1) is 16.0.